The first-order chi connectivity index (χ1) is 26.5. The summed E-state index contributed by atoms with van der Waals surface area (Å²) < 4.78 is 0. The molecule has 0 bridgehead atoms. The van der Waals surface area contributed by atoms with Gasteiger partial charge in [-0.2, -0.15) is 0 Å². The molecule has 0 radical (unpaired) electrons. The van der Waals surface area contributed by atoms with E-state index in [1.54, 1.807) is 0 Å². The topological polar surface area (TPSA) is 15.3 Å². The predicted molar refractivity (Wildman–Crippen MR) is 243 cm³/mol. The molecule has 2 aliphatic carbocycles. The third kappa shape index (κ3) is 5.08. The number of hydrogen-bond donors (Lipinski definition) is 1. The maximum atomic E-state index is 3.97. The van der Waals surface area contributed by atoms with Gasteiger partial charge < -0.3 is 10.2 Å². The van der Waals surface area contributed by atoms with Crippen LogP contribution in [0.25, 0.3) is 21.9 Å². The van der Waals surface area contributed by atoms with Crippen molar-refractivity contribution in [3.8, 4) is 11.1 Å². The summed E-state index contributed by atoms with van der Waals surface area (Å²) in [6, 6.07) is 40.0. The van der Waals surface area contributed by atoms with Gasteiger partial charge in [0, 0.05) is 39.1 Å². The fourth-order valence-corrected chi connectivity index (χ4v) is 11.1. The van der Waals surface area contributed by atoms with Gasteiger partial charge in [-0.3, -0.25) is 0 Å². The quantitative estimate of drug-likeness (QED) is 0.182. The van der Waals surface area contributed by atoms with Crippen molar-refractivity contribution < 1.29 is 0 Å². The molecule has 56 heavy (non-hydrogen) atoms. The highest BCUT2D eigenvalue weighted by atomic mass is 15.2. The van der Waals surface area contributed by atoms with Gasteiger partial charge in [0.2, 0.25) is 0 Å². The van der Waals surface area contributed by atoms with Gasteiger partial charge in [-0.25, -0.2) is 0 Å². The summed E-state index contributed by atoms with van der Waals surface area (Å²) in [5.74, 6) is 0. The van der Waals surface area contributed by atoms with Gasteiger partial charge in [0.15, 0.2) is 7.28 Å². The van der Waals surface area contributed by atoms with Crippen LogP contribution in [0.3, 0.4) is 0 Å². The largest absolute Gasteiger partial charge is 0.355 e. The SMILES string of the molecule is CC1(C)CCC(C)(C)c2cc(-c3cc4ccccc4c4c3Bc3cccc5c3N4c3cc4c(cc3C5(C)C)C(C)(C)CCC4(C)C)c(Nc3ccccc3)cc21. The van der Waals surface area contributed by atoms with Gasteiger partial charge in [0.1, 0.15) is 0 Å². The molecule has 282 valence electrons. The fraction of sp³-hybridized carbons (Fsp3) is 0.358. The van der Waals surface area contributed by atoms with E-state index in [9.17, 15) is 0 Å². The first-order valence-electron chi connectivity index (χ1n) is 21.2. The van der Waals surface area contributed by atoms with Crippen LogP contribution in [0.4, 0.5) is 28.4 Å². The van der Waals surface area contributed by atoms with Crippen molar-refractivity contribution in [2.45, 2.75) is 122 Å². The molecule has 10 rings (SSSR count). The van der Waals surface area contributed by atoms with E-state index < -0.39 is 0 Å². The molecule has 0 saturated carbocycles. The molecule has 6 aromatic rings. The van der Waals surface area contributed by atoms with Gasteiger partial charge in [-0.15, -0.1) is 0 Å². The molecule has 2 nitrogen and oxygen atoms in total. The molecular formula is C53H57BN2. The number of para-hydroxylation sites is 2. The van der Waals surface area contributed by atoms with Crippen molar-refractivity contribution in [2.75, 3.05) is 10.2 Å². The second-order valence-electron chi connectivity index (χ2n) is 20.8. The fourth-order valence-electron chi connectivity index (χ4n) is 11.1. The summed E-state index contributed by atoms with van der Waals surface area (Å²) in [5, 5.41) is 6.58. The molecular weight excluding hydrogens is 675 g/mol. The minimum Gasteiger partial charge on any atom is -0.355 e. The highest BCUT2D eigenvalue weighted by Gasteiger charge is 2.46. The first-order valence-corrected chi connectivity index (χ1v) is 21.2. The number of nitrogens with one attached hydrogen (secondary N) is 1. The Morgan fingerprint density at radius 2 is 1.09 bits per heavy atom. The highest BCUT2D eigenvalue weighted by Crippen LogP contribution is 2.58. The van der Waals surface area contributed by atoms with Crippen LogP contribution >= 0.6 is 0 Å². The number of anilines is 5. The number of benzene rings is 6. The summed E-state index contributed by atoms with van der Waals surface area (Å²) in [6.07, 6.45) is 4.77. The van der Waals surface area contributed by atoms with E-state index >= 15 is 0 Å². The lowest BCUT2D eigenvalue weighted by atomic mass is 9.54. The zero-order valence-electron chi connectivity index (χ0n) is 35.3. The van der Waals surface area contributed by atoms with Gasteiger partial charge >= 0.3 is 0 Å². The molecule has 0 aromatic heterocycles. The van der Waals surface area contributed by atoms with Crippen LogP contribution in [0.5, 0.6) is 0 Å². The number of hydrogen-bond acceptors (Lipinski definition) is 2. The van der Waals surface area contributed by atoms with Crippen LogP contribution in [0.1, 0.15) is 128 Å². The summed E-state index contributed by atoms with van der Waals surface area (Å²) in [5.41, 5.74) is 21.1. The molecule has 0 fully saturated rings. The Bertz CT molecular complexity index is 2620. The Balaban J connectivity index is 1.31. The second kappa shape index (κ2) is 11.7. The lowest BCUT2D eigenvalue weighted by Crippen LogP contribution is -2.46. The average molecular weight is 733 g/mol. The minimum atomic E-state index is -0.140. The Hall–Kier alpha value is -4.76. The van der Waals surface area contributed by atoms with Gasteiger partial charge in [0.05, 0.1) is 5.69 Å². The smallest absolute Gasteiger partial charge is 0.198 e. The predicted octanol–water partition coefficient (Wildman–Crippen LogP) is 12.8. The van der Waals surface area contributed by atoms with E-state index in [2.05, 4.69) is 183 Å². The highest BCUT2D eigenvalue weighted by molar-refractivity contribution is 6.74. The van der Waals surface area contributed by atoms with Crippen molar-refractivity contribution >= 4 is 57.4 Å². The third-order valence-electron chi connectivity index (χ3n) is 15.0. The Kier molecular flexibility index (Phi) is 7.42. The van der Waals surface area contributed by atoms with Gasteiger partial charge in [0.25, 0.3) is 0 Å². The lowest BCUT2D eigenvalue weighted by Gasteiger charge is -2.49. The molecule has 1 N–H and O–H groups in total. The second-order valence-corrected chi connectivity index (χ2v) is 20.8. The normalized spacial score (nSPS) is 19.8. The lowest BCUT2D eigenvalue weighted by molar-refractivity contribution is 0.331. The van der Waals surface area contributed by atoms with E-state index in [-0.39, 0.29) is 27.1 Å². The molecule has 4 aliphatic rings. The Morgan fingerprint density at radius 3 is 1.77 bits per heavy atom. The minimum absolute atomic E-state index is 0.0837. The standard InChI is InChI=1S/C53H57BN2/c1-49(2)23-25-51(5,6)40-30-44(55-33-18-12-11-13-19-33)35(28-38(40)49)36-27-32-17-14-15-20-34(32)47-46(36)54-43-22-16-21-37-48(43)56(47)45-31-41-39(29-42(45)53(37,9)10)50(3,4)24-26-52(41,7)8/h11-22,27-31,54-55H,23-26H2,1-10H3. The molecule has 0 spiro atoms. The first kappa shape index (κ1) is 35.6. The molecule has 2 aliphatic heterocycles. The van der Waals surface area contributed by atoms with Crippen molar-refractivity contribution in [1.29, 1.82) is 0 Å². The summed E-state index contributed by atoms with van der Waals surface area (Å²) in [4.78, 5) is 2.73. The summed E-state index contributed by atoms with van der Waals surface area (Å²) >= 11 is 0. The van der Waals surface area contributed by atoms with Crippen molar-refractivity contribution in [3.05, 3.63) is 137 Å². The number of nitrogens with zero attached hydrogens (tertiary/aromatic N) is 1. The summed E-state index contributed by atoms with van der Waals surface area (Å²) in [6.45, 7) is 24.6. The molecule has 0 amide bonds. The molecule has 6 aromatic carbocycles. The van der Waals surface area contributed by atoms with Crippen LogP contribution in [0, 0.1) is 0 Å². The van der Waals surface area contributed by atoms with Gasteiger partial charge in [-0.05, 0) is 134 Å². The van der Waals surface area contributed by atoms with E-state index in [0.717, 1.165) is 13.0 Å². The maximum absolute atomic E-state index is 3.97. The monoisotopic (exact) mass is 732 g/mol. The van der Waals surface area contributed by atoms with Crippen LogP contribution in [-0.4, -0.2) is 7.28 Å². The van der Waals surface area contributed by atoms with Crippen LogP contribution in [0.15, 0.2) is 103 Å². The Labute approximate surface area is 336 Å². The molecule has 3 heteroatoms. The molecule has 0 atom stereocenters. The summed E-state index contributed by atoms with van der Waals surface area (Å²) in [7, 11) is 0.890. The van der Waals surface area contributed by atoms with E-state index in [1.807, 2.05) is 0 Å². The van der Waals surface area contributed by atoms with Crippen LogP contribution < -0.4 is 21.1 Å². The van der Waals surface area contributed by atoms with Gasteiger partial charge in [-0.1, -0.05) is 141 Å². The Morgan fingerprint density at radius 1 is 0.500 bits per heavy atom. The van der Waals surface area contributed by atoms with Crippen LogP contribution in [-0.2, 0) is 27.1 Å². The average Bonchev–Trinajstić information content (AvgIpc) is 3.16. The zero-order valence-corrected chi connectivity index (χ0v) is 35.3. The van der Waals surface area contributed by atoms with Crippen molar-refractivity contribution in [3.63, 3.8) is 0 Å². The van der Waals surface area contributed by atoms with E-state index in [4.69, 9.17) is 0 Å². The van der Waals surface area contributed by atoms with Crippen LogP contribution in [0.2, 0.25) is 0 Å². The third-order valence-corrected chi connectivity index (χ3v) is 15.0. The number of fused-ring (bicyclic) bond motifs is 8. The molecule has 0 unspecified atom stereocenters. The van der Waals surface area contributed by atoms with E-state index in [0.29, 0.717) is 0 Å². The van der Waals surface area contributed by atoms with Crippen molar-refractivity contribution in [1.82, 2.24) is 0 Å². The maximum Gasteiger partial charge on any atom is 0.198 e. The van der Waals surface area contributed by atoms with E-state index in [1.165, 1.54) is 115 Å². The zero-order chi connectivity index (χ0) is 39.2. The molecule has 2 heterocycles. The van der Waals surface area contributed by atoms with Crippen molar-refractivity contribution in [2.24, 2.45) is 0 Å². The molecule has 0 saturated heterocycles. The number of rotatable bonds is 3.